The molecule has 2 aromatic heterocycles. The van der Waals surface area contributed by atoms with E-state index >= 15 is 0 Å². The average Bonchev–Trinajstić information content (AvgIpc) is 2.89. The molecule has 3 rings (SSSR count). The van der Waals surface area contributed by atoms with Gasteiger partial charge in [-0.2, -0.15) is 0 Å². The Labute approximate surface area is 95.0 Å². The maximum absolute atomic E-state index is 6.13. The molecule has 2 nitrogen and oxygen atoms in total. The Morgan fingerprint density at radius 2 is 2.29 bits per heavy atom. The van der Waals surface area contributed by atoms with Crippen LogP contribution >= 0.6 is 27.5 Å². The van der Waals surface area contributed by atoms with E-state index in [-0.39, 0.29) is 0 Å². The van der Waals surface area contributed by atoms with Gasteiger partial charge in [-0.3, -0.25) is 0 Å². The second kappa shape index (κ2) is 2.97. The summed E-state index contributed by atoms with van der Waals surface area (Å²) in [5.41, 5.74) is 2.34. The molecule has 0 aromatic carbocycles. The number of imidazole rings is 1. The van der Waals surface area contributed by atoms with Crippen molar-refractivity contribution >= 4 is 33.0 Å². The first-order chi connectivity index (χ1) is 6.77. The van der Waals surface area contributed by atoms with Gasteiger partial charge < -0.3 is 4.40 Å². The lowest BCUT2D eigenvalue weighted by molar-refractivity contribution is 0.959. The van der Waals surface area contributed by atoms with E-state index in [1.807, 2.05) is 18.6 Å². The highest BCUT2D eigenvalue weighted by Crippen LogP contribution is 2.42. The highest BCUT2D eigenvalue weighted by atomic mass is 79.9. The number of nitrogens with zero attached hydrogens (tertiary/aromatic N) is 2. The maximum atomic E-state index is 6.13. The number of hydrogen-bond acceptors (Lipinski definition) is 1. The molecule has 2 aromatic rings. The van der Waals surface area contributed by atoms with Gasteiger partial charge in [0.05, 0.1) is 27.5 Å². The van der Waals surface area contributed by atoms with Crippen LogP contribution in [0.25, 0.3) is 5.52 Å². The summed E-state index contributed by atoms with van der Waals surface area (Å²) in [6, 6.07) is 2.04. The number of aromatic nitrogens is 2. The zero-order valence-corrected chi connectivity index (χ0v) is 9.72. The summed E-state index contributed by atoms with van der Waals surface area (Å²) in [5.74, 6) is 0.678. The molecule has 0 radical (unpaired) electrons. The van der Waals surface area contributed by atoms with Crippen LogP contribution in [-0.4, -0.2) is 9.38 Å². The maximum Gasteiger partial charge on any atom is 0.0994 e. The molecule has 0 bridgehead atoms. The Bertz CT molecular complexity index is 502. The molecule has 72 valence electrons. The van der Waals surface area contributed by atoms with Crippen LogP contribution in [0.3, 0.4) is 0 Å². The third-order valence-corrected chi connectivity index (χ3v) is 3.98. The van der Waals surface area contributed by atoms with Crippen molar-refractivity contribution in [3.8, 4) is 0 Å². The van der Waals surface area contributed by atoms with E-state index in [1.165, 1.54) is 18.5 Å². The van der Waals surface area contributed by atoms with Crippen LogP contribution in [0.5, 0.6) is 0 Å². The lowest BCUT2D eigenvalue weighted by atomic mass is 10.2. The van der Waals surface area contributed by atoms with Crippen molar-refractivity contribution in [2.45, 2.75) is 18.8 Å². The first-order valence-corrected chi connectivity index (χ1v) is 5.74. The van der Waals surface area contributed by atoms with E-state index in [0.29, 0.717) is 5.92 Å². The van der Waals surface area contributed by atoms with Crippen molar-refractivity contribution in [1.29, 1.82) is 0 Å². The van der Waals surface area contributed by atoms with Gasteiger partial charge in [-0.1, -0.05) is 11.6 Å². The standard InChI is InChI=1S/C10H8BrClN2/c11-10-7(12)3-8(6-1-2-6)14-5-13-4-9(10)14/h3-6H,1-2H2. The normalized spacial score (nSPS) is 16.4. The minimum atomic E-state index is 0.678. The molecule has 0 saturated heterocycles. The zero-order valence-electron chi connectivity index (χ0n) is 7.37. The van der Waals surface area contributed by atoms with Gasteiger partial charge in [-0.05, 0) is 40.8 Å². The lowest BCUT2D eigenvalue weighted by Gasteiger charge is -2.06. The first-order valence-electron chi connectivity index (χ1n) is 4.57. The Kier molecular flexibility index (Phi) is 1.86. The molecule has 1 aliphatic rings. The molecule has 1 fully saturated rings. The SMILES string of the molecule is Clc1cc(C2CC2)n2cncc2c1Br. The van der Waals surface area contributed by atoms with Gasteiger partial charge in [-0.15, -0.1) is 0 Å². The summed E-state index contributed by atoms with van der Waals surface area (Å²) >= 11 is 9.60. The fraction of sp³-hybridized carbons (Fsp3) is 0.300. The van der Waals surface area contributed by atoms with Crippen LogP contribution in [0, 0.1) is 0 Å². The van der Waals surface area contributed by atoms with Crippen LogP contribution in [0.15, 0.2) is 23.1 Å². The van der Waals surface area contributed by atoms with Gasteiger partial charge >= 0.3 is 0 Å². The van der Waals surface area contributed by atoms with Gasteiger partial charge in [-0.25, -0.2) is 4.98 Å². The van der Waals surface area contributed by atoms with Crippen molar-refractivity contribution in [3.63, 3.8) is 0 Å². The lowest BCUT2D eigenvalue weighted by Crippen LogP contribution is -1.94. The molecule has 1 saturated carbocycles. The van der Waals surface area contributed by atoms with Gasteiger partial charge in [0.1, 0.15) is 0 Å². The molecular formula is C10H8BrClN2. The Morgan fingerprint density at radius 3 is 3.00 bits per heavy atom. The van der Waals surface area contributed by atoms with Gasteiger partial charge in [0.15, 0.2) is 0 Å². The molecule has 0 aliphatic heterocycles. The summed E-state index contributed by atoms with van der Waals surface area (Å²) in [6.45, 7) is 0. The Hall–Kier alpha value is -0.540. The second-order valence-corrected chi connectivity index (χ2v) is 4.85. The van der Waals surface area contributed by atoms with Crippen LogP contribution in [0.1, 0.15) is 24.5 Å². The quantitative estimate of drug-likeness (QED) is 0.774. The molecule has 1 aliphatic carbocycles. The topological polar surface area (TPSA) is 17.3 Å². The Balaban J connectivity index is 2.38. The van der Waals surface area contributed by atoms with E-state index < -0.39 is 0 Å². The summed E-state index contributed by atoms with van der Waals surface area (Å²) in [5, 5.41) is 0.778. The molecule has 4 heteroatoms. The molecule has 14 heavy (non-hydrogen) atoms. The van der Waals surface area contributed by atoms with Crippen LogP contribution in [0.2, 0.25) is 5.02 Å². The average molecular weight is 272 g/mol. The number of rotatable bonds is 1. The highest BCUT2D eigenvalue weighted by molar-refractivity contribution is 9.10. The van der Waals surface area contributed by atoms with E-state index in [1.54, 1.807) is 0 Å². The van der Waals surface area contributed by atoms with Gasteiger partial charge in [0.2, 0.25) is 0 Å². The van der Waals surface area contributed by atoms with Crippen LogP contribution < -0.4 is 0 Å². The molecule has 0 unspecified atom stereocenters. The van der Waals surface area contributed by atoms with Crippen molar-refractivity contribution in [3.05, 3.63) is 33.8 Å². The summed E-state index contributed by atoms with van der Waals surface area (Å²) < 4.78 is 3.05. The van der Waals surface area contributed by atoms with E-state index in [2.05, 4.69) is 25.3 Å². The molecule has 0 N–H and O–H groups in total. The minimum Gasteiger partial charge on any atom is -0.302 e. The zero-order chi connectivity index (χ0) is 9.71. The minimum absolute atomic E-state index is 0.678. The van der Waals surface area contributed by atoms with Crippen LogP contribution in [0.4, 0.5) is 0 Å². The van der Waals surface area contributed by atoms with Crippen molar-refractivity contribution < 1.29 is 0 Å². The predicted octanol–water partition coefficient (Wildman–Crippen LogP) is 3.63. The predicted molar refractivity (Wildman–Crippen MR) is 59.9 cm³/mol. The third-order valence-electron chi connectivity index (χ3n) is 2.62. The number of halogens is 2. The van der Waals surface area contributed by atoms with Crippen molar-refractivity contribution in [2.75, 3.05) is 0 Å². The van der Waals surface area contributed by atoms with E-state index in [9.17, 15) is 0 Å². The molecule has 0 atom stereocenters. The van der Waals surface area contributed by atoms with Crippen molar-refractivity contribution in [1.82, 2.24) is 9.38 Å². The molecule has 2 heterocycles. The number of hydrogen-bond donors (Lipinski definition) is 0. The van der Waals surface area contributed by atoms with Gasteiger partial charge in [0.25, 0.3) is 0 Å². The molecular weight excluding hydrogens is 263 g/mol. The highest BCUT2D eigenvalue weighted by Gasteiger charge is 2.27. The summed E-state index contributed by atoms with van der Waals surface area (Å²) in [4.78, 5) is 4.15. The van der Waals surface area contributed by atoms with Crippen LogP contribution in [-0.2, 0) is 0 Å². The summed E-state index contributed by atoms with van der Waals surface area (Å²) in [7, 11) is 0. The fourth-order valence-electron chi connectivity index (χ4n) is 1.74. The second-order valence-electron chi connectivity index (χ2n) is 3.65. The monoisotopic (exact) mass is 270 g/mol. The van der Waals surface area contributed by atoms with E-state index in [4.69, 9.17) is 11.6 Å². The van der Waals surface area contributed by atoms with E-state index in [0.717, 1.165) is 15.0 Å². The van der Waals surface area contributed by atoms with Gasteiger partial charge in [0, 0.05) is 5.69 Å². The first kappa shape index (κ1) is 8.74. The fourth-order valence-corrected chi connectivity index (χ4v) is 2.36. The molecule has 0 amide bonds. The number of fused-ring (bicyclic) bond motifs is 1. The molecule has 0 spiro atoms. The largest absolute Gasteiger partial charge is 0.302 e. The number of pyridine rings is 1. The Morgan fingerprint density at radius 1 is 1.50 bits per heavy atom. The smallest absolute Gasteiger partial charge is 0.0994 e. The summed E-state index contributed by atoms with van der Waals surface area (Å²) in [6.07, 6.45) is 6.22. The third kappa shape index (κ3) is 1.19. The van der Waals surface area contributed by atoms with Crippen molar-refractivity contribution in [2.24, 2.45) is 0 Å².